The summed E-state index contributed by atoms with van der Waals surface area (Å²) < 4.78 is 6.76. The maximum absolute atomic E-state index is 12.2. The minimum atomic E-state index is -0.556. The molecule has 1 aliphatic rings. The quantitative estimate of drug-likeness (QED) is 0.828. The summed E-state index contributed by atoms with van der Waals surface area (Å²) in [5, 5.41) is 8.71. The highest BCUT2D eigenvalue weighted by atomic mass is 32.2. The van der Waals surface area contributed by atoms with Gasteiger partial charge in [-0.3, -0.25) is 10.1 Å². The normalized spacial score (nSPS) is 26.1. The molecule has 1 saturated carbocycles. The second kappa shape index (κ2) is 6.13. The Morgan fingerprint density at radius 1 is 1.65 bits per heavy atom. The van der Waals surface area contributed by atoms with E-state index in [4.69, 9.17) is 4.74 Å². The smallest absolute Gasteiger partial charge is 0.326 e. The molecule has 0 amide bonds. The fourth-order valence-corrected chi connectivity index (χ4v) is 3.97. The Labute approximate surface area is 123 Å². The van der Waals surface area contributed by atoms with Crippen LogP contribution in [0.3, 0.4) is 0 Å². The molecule has 0 saturated heterocycles. The minimum Gasteiger partial charge on any atom is -0.468 e. The molecule has 2 atom stereocenters. The van der Waals surface area contributed by atoms with Crippen molar-refractivity contribution >= 4 is 17.7 Å². The van der Waals surface area contributed by atoms with Gasteiger partial charge in [-0.2, -0.15) is 5.10 Å². The van der Waals surface area contributed by atoms with Crippen LogP contribution < -0.4 is 5.32 Å². The molecule has 112 valence electrons. The summed E-state index contributed by atoms with van der Waals surface area (Å²) in [5.74, 6) is -0.160. The zero-order chi connectivity index (χ0) is 14.8. The molecule has 6 nitrogen and oxygen atoms in total. The van der Waals surface area contributed by atoms with Crippen LogP contribution in [-0.4, -0.2) is 44.7 Å². The maximum atomic E-state index is 12.2. The standard InChI is InChI=1S/C13H22N4O2S/c1-9(2)16-13(11(18)19-4)6-5-10(7-13)20-12-14-8-15-17(12)3/h8-10,16H,5-7H2,1-4H3. The summed E-state index contributed by atoms with van der Waals surface area (Å²) in [6.45, 7) is 4.10. The number of carbonyl (C=O) groups is 1. The van der Waals surface area contributed by atoms with Crippen LogP contribution in [0, 0.1) is 0 Å². The average Bonchev–Trinajstić information content (AvgIpc) is 2.97. The summed E-state index contributed by atoms with van der Waals surface area (Å²) >= 11 is 1.68. The second-order valence-electron chi connectivity index (χ2n) is 5.52. The summed E-state index contributed by atoms with van der Waals surface area (Å²) in [4.78, 5) is 16.4. The molecule has 0 spiro atoms. The number of nitrogens with zero attached hydrogens (tertiary/aromatic N) is 3. The third-order valence-corrected chi connectivity index (χ3v) is 4.87. The van der Waals surface area contributed by atoms with E-state index in [1.807, 2.05) is 20.9 Å². The van der Waals surface area contributed by atoms with Crippen LogP contribution in [0.15, 0.2) is 11.5 Å². The topological polar surface area (TPSA) is 69.0 Å². The van der Waals surface area contributed by atoms with Gasteiger partial charge in [0.2, 0.25) is 0 Å². The number of rotatable bonds is 5. The maximum Gasteiger partial charge on any atom is 0.326 e. The number of nitrogens with one attached hydrogen (secondary N) is 1. The van der Waals surface area contributed by atoms with Crippen molar-refractivity contribution in [2.45, 2.75) is 55.1 Å². The van der Waals surface area contributed by atoms with Gasteiger partial charge in [0.05, 0.1) is 7.11 Å². The van der Waals surface area contributed by atoms with E-state index in [1.165, 1.54) is 7.11 Å². The van der Waals surface area contributed by atoms with Crippen molar-refractivity contribution in [3.05, 3.63) is 6.33 Å². The number of aromatic nitrogens is 3. The number of ether oxygens (including phenoxy) is 1. The molecule has 0 aliphatic heterocycles. The fourth-order valence-electron chi connectivity index (χ4n) is 2.77. The molecule has 1 aromatic heterocycles. The van der Waals surface area contributed by atoms with Crippen LogP contribution in [-0.2, 0) is 16.6 Å². The van der Waals surface area contributed by atoms with E-state index in [1.54, 1.807) is 22.8 Å². The molecule has 2 rings (SSSR count). The third kappa shape index (κ3) is 3.15. The van der Waals surface area contributed by atoms with Crippen LogP contribution in [0.25, 0.3) is 0 Å². The van der Waals surface area contributed by atoms with Gasteiger partial charge in [-0.25, -0.2) is 9.67 Å². The van der Waals surface area contributed by atoms with Crippen molar-refractivity contribution in [3.63, 3.8) is 0 Å². The summed E-state index contributed by atoms with van der Waals surface area (Å²) in [5.41, 5.74) is -0.556. The van der Waals surface area contributed by atoms with E-state index in [-0.39, 0.29) is 12.0 Å². The van der Waals surface area contributed by atoms with Crippen molar-refractivity contribution in [3.8, 4) is 0 Å². The monoisotopic (exact) mass is 298 g/mol. The number of aryl methyl sites for hydroxylation is 1. The lowest BCUT2D eigenvalue weighted by atomic mass is 9.97. The molecule has 7 heteroatoms. The average molecular weight is 298 g/mol. The van der Waals surface area contributed by atoms with Crippen molar-refractivity contribution < 1.29 is 9.53 Å². The Hall–Kier alpha value is -1.08. The molecular formula is C13H22N4O2S. The molecule has 0 bridgehead atoms. The predicted octanol–water partition coefficient (Wildman–Crippen LogP) is 1.37. The molecule has 1 heterocycles. The van der Waals surface area contributed by atoms with E-state index in [0.717, 1.165) is 24.4 Å². The number of carbonyl (C=O) groups excluding carboxylic acids is 1. The van der Waals surface area contributed by atoms with E-state index >= 15 is 0 Å². The first-order valence-corrected chi connectivity index (χ1v) is 7.71. The first-order valence-electron chi connectivity index (χ1n) is 6.83. The van der Waals surface area contributed by atoms with E-state index in [9.17, 15) is 4.79 Å². The Morgan fingerprint density at radius 3 is 2.95 bits per heavy atom. The molecule has 0 aromatic carbocycles. The number of thioether (sulfide) groups is 1. The van der Waals surface area contributed by atoms with Gasteiger partial charge in [0, 0.05) is 18.3 Å². The van der Waals surface area contributed by atoms with Crippen molar-refractivity contribution in [1.82, 2.24) is 20.1 Å². The lowest BCUT2D eigenvalue weighted by Gasteiger charge is -2.30. The van der Waals surface area contributed by atoms with Gasteiger partial charge in [-0.1, -0.05) is 11.8 Å². The van der Waals surface area contributed by atoms with Crippen molar-refractivity contribution in [2.75, 3.05) is 7.11 Å². The summed E-state index contributed by atoms with van der Waals surface area (Å²) in [7, 11) is 3.33. The molecule has 1 fully saturated rings. The summed E-state index contributed by atoms with van der Waals surface area (Å²) in [6, 6.07) is 0.243. The highest BCUT2D eigenvalue weighted by Crippen LogP contribution is 2.40. The van der Waals surface area contributed by atoms with Crippen molar-refractivity contribution in [1.29, 1.82) is 0 Å². The third-order valence-electron chi connectivity index (χ3n) is 3.55. The molecule has 0 radical (unpaired) electrons. The highest BCUT2D eigenvalue weighted by molar-refractivity contribution is 7.99. The Bertz CT molecular complexity index is 477. The first-order chi connectivity index (χ1) is 9.47. The van der Waals surface area contributed by atoms with Crippen molar-refractivity contribution in [2.24, 2.45) is 7.05 Å². The van der Waals surface area contributed by atoms with Gasteiger partial charge in [0.25, 0.3) is 0 Å². The highest BCUT2D eigenvalue weighted by Gasteiger charge is 2.47. The Morgan fingerprint density at radius 2 is 2.40 bits per heavy atom. The number of esters is 1. The Balaban J connectivity index is 2.07. The number of methoxy groups -OCH3 is 1. The number of hydrogen-bond donors (Lipinski definition) is 1. The molecule has 1 aliphatic carbocycles. The Kier molecular flexibility index (Phi) is 4.70. The van der Waals surface area contributed by atoms with E-state index in [2.05, 4.69) is 15.4 Å². The van der Waals surface area contributed by atoms with Crippen LogP contribution in [0.2, 0.25) is 0 Å². The van der Waals surface area contributed by atoms with E-state index in [0.29, 0.717) is 5.25 Å². The van der Waals surface area contributed by atoms with Crippen LogP contribution in [0.4, 0.5) is 0 Å². The second-order valence-corrected chi connectivity index (χ2v) is 6.79. The van der Waals surface area contributed by atoms with Gasteiger partial charge in [0.15, 0.2) is 5.16 Å². The van der Waals surface area contributed by atoms with Gasteiger partial charge in [-0.15, -0.1) is 0 Å². The minimum absolute atomic E-state index is 0.160. The summed E-state index contributed by atoms with van der Waals surface area (Å²) in [6.07, 6.45) is 4.08. The first kappa shape index (κ1) is 15.3. The van der Waals surface area contributed by atoms with Crippen LogP contribution >= 0.6 is 11.8 Å². The lowest BCUT2D eigenvalue weighted by molar-refractivity contribution is -0.148. The zero-order valence-electron chi connectivity index (χ0n) is 12.4. The van der Waals surface area contributed by atoms with Crippen LogP contribution in [0.5, 0.6) is 0 Å². The number of hydrogen-bond acceptors (Lipinski definition) is 6. The predicted molar refractivity (Wildman–Crippen MR) is 77.5 cm³/mol. The molecule has 20 heavy (non-hydrogen) atoms. The van der Waals surface area contributed by atoms with Crippen LogP contribution in [0.1, 0.15) is 33.1 Å². The zero-order valence-corrected chi connectivity index (χ0v) is 13.2. The lowest BCUT2D eigenvalue weighted by Crippen LogP contribution is -2.53. The van der Waals surface area contributed by atoms with E-state index < -0.39 is 5.54 Å². The fraction of sp³-hybridized carbons (Fsp3) is 0.769. The largest absolute Gasteiger partial charge is 0.468 e. The SMILES string of the molecule is COC(=O)C1(NC(C)C)CCC(Sc2ncnn2C)C1. The van der Waals surface area contributed by atoms with Gasteiger partial charge < -0.3 is 4.74 Å². The van der Waals surface area contributed by atoms with Gasteiger partial charge in [0.1, 0.15) is 11.9 Å². The van der Waals surface area contributed by atoms with Gasteiger partial charge >= 0.3 is 5.97 Å². The molecule has 1 aromatic rings. The molecule has 2 unspecified atom stereocenters. The molecule has 1 N–H and O–H groups in total. The molecular weight excluding hydrogens is 276 g/mol. The van der Waals surface area contributed by atoms with Gasteiger partial charge in [-0.05, 0) is 33.1 Å².